The number of aromatic amines is 1. The number of carbonyl (C=O) groups is 1. The number of aliphatic hydroxyl groups excluding tert-OH is 2. The van der Waals surface area contributed by atoms with Crippen molar-refractivity contribution in [1.29, 1.82) is 0 Å². The van der Waals surface area contributed by atoms with Crippen molar-refractivity contribution in [3.63, 3.8) is 0 Å². The smallest absolute Gasteiger partial charge is 0.308 e. The normalized spacial score (nSPS) is 14.3. The molecule has 0 amide bonds. The number of rotatable bonds is 4. The fraction of sp³-hybridized carbons (Fsp3) is 0.400. The second-order valence-electron chi connectivity index (χ2n) is 3.89. The highest BCUT2D eigenvalue weighted by Crippen LogP contribution is 2.27. The van der Waals surface area contributed by atoms with Gasteiger partial charge in [0.1, 0.15) is 18.2 Å². The number of anilines is 1. The number of fused-ring (bicyclic) bond motifs is 1. The van der Waals surface area contributed by atoms with Gasteiger partial charge in [-0.1, -0.05) is 0 Å². The van der Waals surface area contributed by atoms with E-state index < -0.39 is 18.2 Å². The Morgan fingerprint density at radius 3 is 2.95 bits per heavy atom. The van der Waals surface area contributed by atoms with Crippen LogP contribution in [0.5, 0.6) is 0 Å². The third-order valence-electron chi connectivity index (χ3n) is 2.67. The van der Waals surface area contributed by atoms with Crippen molar-refractivity contribution in [1.82, 2.24) is 20.2 Å². The number of nitrogen functional groups attached to an aromatic ring is 1. The van der Waals surface area contributed by atoms with E-state index in [1.165, 1.54) is 13.4 Å². The number of aliphatic hydroxyl groups is 2. The van der Waals surface area contributed by atoms with E-state index in [0.717, 1.165) is 0 Å². The summed E-state index contributed by atoms with van der Waals surface area (Å²) < 4.78 is 4.41. The predicted molar refractivity (Wildman–Crippen MR) is 63.7 cm³/mol. The number of nitrogens with two attached hydrogens (primary N) is 1. The standard InChI is InChI=1S/C10H13N5O4/c1-19-5(17)2-4(16)8(18)7-6-9(11)12-3-13-10(6)15-14-7/h3-4,8,16,18H,2H2,1H3,(H3,11,12,13,14,15). The van der Waals surface area contributed by atoms with Gasteiger partial charge in [-0.25, -0.2) is 9.97 Å². The first-order valence-corrected chi connectivity index (χ1v) is 5.42. The van der Waals surface area contributed by atoms with Gasteiger partial charge in [-0.15, -0.1) is 0 Å². The number of hydrogen-bond donors (Lipinski definition) is 4. The van der Waals surface area contributed by atoms with Gasteiger partial charge in [0, 0.05) is 0 Å². The zero-order valence-corrected chi connectivity index (χ0v) is 10.1. The predicted octanol–water partition coefficient (Wildman–Crippen LogP) is -1.11. The van der Waals surface area contributed by atoms with Crippen LogP contribution < -0.4 is 5.73 Å². The maximum Gasteiger partial charge on any atom is 0.308 e. The lowest BCUT2D eigenvalue weighted by Gasteiger charge is -2.15. The summed E-state index contributed by atoms with van der Waals surface area (Å²) in [6, 6.07) is 0. The summed E-state index contributed by atoms with van der Waals surface area (Å²) in [5.74, 6) is -0.516. The lowest BCUT2D eigenvalue weighted by Crippen LogP contribution is -2.23. The van der Waals surface area contributed by atoms with Crippen molar-refractivity contribution in [2.75, 3.05) is 12.8 Å². The molecule has 19 heavy (non-hydrogen) atoms. The Hall–Kier alpha value is -2.26. The van der Waals surface area contributed by atoms with Crippen LogP contribution in [0.15, 0.2) is 6.33 Å². The first-order valence-electron chi connectivity index (χ1n) is 5.42. The molecule has 102 valence electrons. The number of esters is 1. The third kappa shape index (κ3) is 2.46. The summed E-state index contributed by atoms with van der Waals surface area (Å²) in [6.45, 7) is 0. The quantitative estimate of drug-likeness (QED) is 0.510. The van der Waals surface area contributed by atoms with E-state index in [2.05, 4.69) is 24.9 Å². The Balaban J connectivity index is 2.31. The Morgan fingerprint density at radius 1 is 1.53 bits per heavy atom. The highest BCUT2D eigenvalue weighted by molar-refractivity contribution is 5.87. The van der Waals surface area contributed by atoms with Crippen molar-refractivity contribution >= 4 is 22.8 Å². The number of ether oxygens (including phenoxy) is 1. The Kier molecular flexibility index (Phi) is 3.58. The van der Waals surface area contributed by atoms with Crippen LogP contribution in [-0.4, -0.2) is 49.6 Å². The molecule has 0 saturated carbocycles. The average molecular weight is 267 g/mol. The zero-order valence-electron chi connectivity index (χ0n) is 10.1. The fourth-order valence-corrected chi connectivity index (χ4v) is 1.67. The van der Waals surface area contributed by atoms with Gasteiger partial charge >= 0.3 is 5.97 Å². The summed E-state index contributed by atoms with van der Waals surface area (Å²) in [5.41, 5.74) is 6.10. The molecule has 0 aromatic carbocycles. The van der Waals surface area contributed by atoms with Crippen molar-refractivity contribution in [2.45, 2.75) is 18.6 Å². The topological polar surface area (TPSA) is 147 Å². The summed E-state index contributed by atoms with van der Waals surface area (Å²) in [5, 5.41) is 26.5. The van der Waals surface area contributed by atoms with Crippen molar-refractivity contribution in [3.05, 3.63) is 12.0 Å². The minimum absolute atomic E-state index is 0.123. The molecular formula is C10H13N5O4. The number of H-pyrrole nitrogens is 1. The van der Waals surface area contributed by atoms with Crippen LogP contribution in [0, 0.1) is 0 Å². The van der Waals surface area contributed by atoms with E-state index >= 15 is 0 Å². The molecule has 2 heterocycles. The monoisotopic (exact) mass is 267 g/mol. The van der Waals surface area contributed by atoms with Crippen molar-refractivity contribution in [3.8, 4) is 0 Å². The molecule has 2 unspecified atom stereocenters. The molecule has 9 nitrogen and oxygen atoms in total. The Bertz CT molecular complexity index is 599. The number of nitrogens with zero attached hydrogens (tertiary/aromatic N) is 3. The number of carbonyl (C=O) groups excluding carboxylic acids is 1. The third-order valence-corrected chi connectivity index (χ3v) is 2.67. The lowest BCUT2D eigenvalue weighted by molar-refractivity contribution is -0.144. The molecule has 0 radical (unpaired) electrons. The first kappa shape index (κ1) is 13.2. The van der Waals surface area contributed by atoms with Gasteiger partial charge in [0.25, 0.3) is 0 Å². The fourth-order valence-electron chi connectivity index (χ4n) is 1.67. The molecule has 2 rings (SSSR count). The van der Waals surface area contributed by atoms with Crippen LogP contribution in [0.3, 0.4) is 0 Å². The minimum Gasteiger partial charge on any atom is -0.469 e. The van der Waals surface area contributed by atoms with E-state index in [0.29, 0.717) is 5.39 Å². The first-order chi connectivity index (χ1) is 9.04. The Morgan fingerprint density at radius 2 is 2.26 bits per heavy atom. The maximum absolute atomic E-state index is 11.1. The number of hydrogen-bond acceptors (Lipinski definition) is 8. The SMILES string of the molecule is COC(=O)CC(O)C(O)c1[nH]nc2ncnc(N)c12. The molecule has 2 atom stereocenters. The van der Waals surface area contributed by atoms with Gasteiger partial charge < -0.3 is 20.7 Å². The maximum atomic E-state index is 11.1. The molecule has 2 aromatic rings. The van der Waals surface area contributed by atoms with E-state index in [1.807, 2.05) is 0 Å². The molecule has 0 spiro atoms. The molecule has 0 saturated heterocycles. The van der Waals surface area contributed by atoms with E-state index in [1.54, 1.807) is 0 Å². The summed E-state index contributed by atoms with van der Waals surface area (Å²) in [7, 11) is 1.19. The van der Waals surface area contributed by atoms with Gasteiger partial charge in [-0.2, -0.15) is 5.10 Å². The van der Waals surface area contributed by atoms with Gasteiger partial charge in [0.15, 0.2) is 5.65 Å². The molecule has 0 bridgehead atoms. The lowest BCUT2D eigenvalue weighted by atomic mass is 10.1. The molecule has 0 aliphatic heterocycles. The molecule has 0 fully saturated rings. The summed E-state index contributed by atoms with van der Waals surface area (Å²) >= 11 is 0. The number of nitrogens with one attached hydrogen (secondary N) is 1. The largest absolute Gasteiger partial charge is 0.469 e. The van der Waals surface area contributed by atoms with Gasteiger partial charge in [0.2, 0.25) is 0 Å². The van der Waals surface area contributed by atoms with Crippen LogP contribution in [0.4, 0.5) is 5.82 Å². The van der Waals surface area contributed by atoms with Gasteiger partial charge in [-0.05, 0) is 0 Å². The van der Waals surface area contributed by atoms with Crippen LogP contribution in [0.1, 0.15) is 18.2 Å². The second-order valence-corrected chi connectivity index (χ2v) is 3.89. The van der Waals surface area contributed by atoms with E-state index in [-0.39, 0.29) is 23.6 Å². The minimum atomic E-state index is -1.38. The molecule has 9 heteroatoms. The number of aromatic nitrogens is 4. The summed E-state index contributed by atoms with van der Waals surface area (Å²) in [6.07, 6.45) is -1.85. The van der Waals surface area contributed by atoms with Gasteiger partial charge in [-0.3, -0.25) is 9.89 Å². The highest BCUT2D eigenvalue weighted by Gasteiger charge is 2.26. The van der Waals surface area contributed by atoms with E-state index in [9.17, 15) is 15.0 Å². The zero-order chi connectivity index (χ0) is 14.0. The molecule has 0 aliphatic rings. The van der Waals surface area contributed by atoms with Crippen molar-refractivity contribution < 1.29 is 19.7 Å². The van der Waals surface area contributed by atoms with Crippen LogP contribution in [0.25, 0.3) is 11.0 Å². The molecule has 2 aromatic heterocycles. The summed E-state index contributed by atoms with van der Waals surface area (Å²) in [4.78, 5) is 18.7. The Labute approximate surface area is 107 Å². The van der Waals surface area contributed by atoms with Crippen LogP contribution in [0.2, 0.25) is 0 Å². The highest BCUT2D eigenvalue weighted by atomic mass is 16.5. The van der Waals surface area contributed by atoms with Crippen molar-refractivity contribution in [2.24, 2.45) is 0 Å². The second kappa shape index (κ2) is 5.16. The van der Waals surface area contributed by atoms with Crippen LogP contribution in [-0.2, 0) is 9.53 Å². The molecule has 5 N–H and O–H groups in total. The average Bonchev–Trinajstić information content (AvgIpc) is 2.82. The molecule has 0 aliphatic carbocycles. The van der Waals surface area contributed by atoms with E-state index in [4.69, 9.17) is 5.73 Å². The van der Waals surface area contributed by atoms with Gasteiger partial charge in [0.05, 0.1) is 30.7 Å². The molecular weight excluding hydrogens is 254 g/mol. The van der Waals surface area contributed by atoms with Crippen LogP contribution >= 0.6 is 0 Å². The number of methoxy groups -OCH3 is 1.